The first-order chi connectivity index (χ1) is 15.9. The number of likely N-dealkylation sites (N-methyl/N-ethyl adjacent to an activating group) is 1. The Balaban J connectivity index is 1.69. The van der Waals surface area contributed by atoms with Crippen molar-refractivity contribution in [2.24, 2.45) is 5.92 Å². The minimum atomic E-state index is -0.875. The van der Waals surface area contributed by atoms with Crippen LogP contribution in [0.1, 0.15) is 41.6 Å². The molecule has 1 saturated heterocycles. The first-order valence-corrected chi connectivity index (χ1v) is 11.5. The number of carbonyl (C=O) groups is 3. The smallest absolute Gasteiger partial charge is 0.272 e. The Morgan fingerprint density at radius 1 is 1.15 bits per heavy atom. The van der Waals surface area contributed by atoms with E-state index in [1.807, 2.05) is 19.1 Å². The zero-order chi connectivity index (χ0) is 23.6. The van der Waals surface area contributed by atoms with Crippen molar-refractivity contribution in [1.82, 2.24) is 20.1 Å². The van der Waals surface area contributed by atoms with Gasteiger partial charge < -0.3 is 20.0 Å². The van der Waals surface area contributed by atoms with E-state index in [1.165, 1.54) is 0 Å². The largest absolute Gasteiger partial charge is 0.344 e. The Labute approximate surface area is 194 Å². The molecule has 0 unspecified atom stereocenters. The average molecular weight is 450 g/mol. The van der Waals surface area contributed by atoms with Crippen LogP contribution in [0, 0.1) is 5.92 Å². The molecule has 3 amide bonds. The van der Waals surface area contributed by atoms with Crippen molar-refractivity contribution < 1.29 is 14.4 Å². The maximum Gasteiger partial charge on any atom is 0.272 e. The van der Waals surface area contributed by atoms with Gasteiger partial charge in [-0.2, -0.15) is 0 Å². The Morgan fingerprint density at radius 3 is 2.58 bits per heavy atom. The Hall–Kier alpha value is -3.26. The molecule has 1 aromatic carbocycles. The van der Waals surface area contributed by atoms with E-state index >= 15 is 0 Å². The van der Waals surface area contributed by atoms with E-state index in [1.54, 1.807) is 46.3 Å². The third-order valence-corrected chi connectivity index (χ3v) is 6.80. The fourth-order valence-electron chi connectivity index (χ4n) is 4.82. The molecule has 0 aliphatic carbocycles. The molecule has 1 fully saturated rings. The standard InChI is InChI=1S/C25H31N5O3/c1-4-28(5-2)14-15-30-21-12-7-6-10-18(21)22(31)27-25(3)17-29(16-19(25)23(30)32)24(33)20-11-8-9-13-26-20/h6-13,19H,4-5,14-17H2,1-3H3,(H,27,31)/t19-,25-/m0/s1. The summed E-state index contributed by atoms with van der Waals surface area (Å²) in [6.07, 6.45) is 1.58. The van der Waals surface area contributed by atoms with E-state index in [0.29, 0.717) is 30.0 Å². The SMILES string of the molecule is CCN(CC)CCN1C(=O)[C@@H]2CN(C(=O)c3ccccn3)C[C@]2(C)NC(=O)c2ccccc21. The summed E-state index contributed by atoms with van der Waals surface area (Å²) in [5, 5.41) is 3.08. The molecule has 1 aromatic heterocycles. The lowest BCUT2D eigenvalue weighted by molar-refractivity contribution is -0.123. The van der Waals surface area contributed by atoms with E-state index in [0.717, 1.165) is 13.1 Å². The monoisotopic (exact) mass is 449 g/mol. The highest BCUT2D eigenvalue weighted by atomic mass is 16.2. The third kappa shape index (κ3) is 4.35. The van der Waals surface area contributed by atoms with Gasteiger partial charge in [0.05, 0.1) is 22.7 Å². The molecular formula is C25H31N5O3. The molecule has 0 spiro atoms. The zero-order valence-electron chi connectivity index (χ0n) is 19.5. The second-order valence-electron chi connectivity index (χ2n) is 8.86. The number of hydrogen-bond donors (Lipinski definition) is 1. The van der Waals surface area contributed by atoms with Crippen molar-refractivity contribution in [2.45, 2.75) is 26.3 Å². The zero-order valence-corrected chi connectivity index (χ0v) is 19.5. The van der Waals surface area contributed by atoms with Gasteiger partial charge in [-0.25, -0.2) is 0 Å². The molecule has 2 aliphatic heterocycles. The van der Waals surface area contributed by atoms with Crippen molar-refractivity contribution in [1.29, 1.82) is 0 Å². The van der Waals surface area contributed by atoms with Gasteiger partial charge in [0.1, 0.15) is 5.69 Å². The molecule has 0 radical (unpaired) electrons. The van der Waals surface area contributed by atoms with Crippen LogP contribution in [-0.4, -0.2) is 77.3 Å². The second kappa shape index (κ2) is 9.31. The molecule has 3 heterocycles. The number of hydrogen-bond acceptors (Lipinski definition) is 5. The Kier molecular flexibility index (Phi) is 6.47. The summed E-state index contributed by atoms with van der Waals surface area (Å²) < 4.78 is 0. The number of anilines is 1. The summed E-state index contributed by atoms with van der Waals surface area (Å²) in [5.74, 6) is -1.10. The summed E-state index contributed by atoms with van der Waals surface area (Å²) in [7, 11) is 0. The van der Waals surface area contributed by atoms with Gasteiger partial charge in [0.2, 0.25) is 5.91 Å². The van der Waals surface area contributed by atoms with Crippen LogP contribution in [0.5, 0.6) is 0 Å². The number of rotatable bonds is 6. The lowest BCUT2D eigenvalue weighted by atomic mass is 9.86. The molecule has 0 bridgehead atoms. The number of pyridine rings is 1. The summed E-state index contributed by atoms with van der Waals surface area (Å²) in [6.45, 7) is 9.47. The van der Waals surface area contributed by atoms with E-state index < -0.39 is 11.5 Å². The van der Waals surface area contributed by atoms with Crippen molar-refractivity contribution >= 4 is 23.4 Å². The summed E-state index contributed by atoms with van der Waals surface area (Å²) >= 11 is 0. The van der Waals surface area contributed by atoms with Crippen molar-refractivity contribution in [3.8, 4) is 0 Å². The predicted molar refractivity (Wildman–Crippen MR) is 126 cm³/mol. The van der Waals surface area contributed by atoms with Crippen LogP contribution in [-0.2, 0) is 4.79 Å². The van der Waals surface area contributed by atoms with Crippen LogP contribution in [0.3, 0.4) is 0 Å². The fraction of sp³-hybridized carbons (Fsp3) is 0.440. The first-order valence-electron chi connectivity index (χ1n) is 11.5. The first kappa shape index (κ1) is 22.9. The third-order valence-electron chi connectivity index (χ3n) is 6.80. The van der Waals surface area contributed by atoms with Crippen LogP contribution in [0.4, 0.5) is 5.69 Å². The van der Waals surface area contributed by atoms with Crippen LogP contribution < -0.4 is 10.2 Å². The second-order valence-corrected chi connectivity index (χ2v) is 8.86. The van der Waals surface area contributed by atoms with Crippen LogP contribution in [0.15, 0.2) is 48.7 Å². The summed E-state index contributed by atoms with van der Waals surface area (Å²) in [6, 6.07) is 12.4. The highest BCUT2D eigenvalue weighted by molar-refractivity contribution is 6.08. The molecule has 1 N–H and O–H groups in total. The highest BCUT2D eigenvalue weighted by Crippen LogP contribution is 2.35. The molecule has 174 valence electrons. The van der Waals surface area contributed by atoms with Gasteiger partial charge in [0, 0.05) is 32.4 Å². The summed E-state index contributed by atoms with van der Waals surface area (Å²) in [5.41, 5.74) is 0.540. The molecule has 8 nitrogen and oxygen atoms in total. The maximum atomic E-state index is 14.0. The van der Waals surface area contributed by atoms with Gasteiger partial charge in [-0.15, -0.1) is 0 Å². The number of aromatic nitrogens is 1. The number of nitrogens with zero attached hydrogens (tertiary/aromatic N) is 4. The predicted octanol–water partition coefficient (Wildman–Crippen LogP) is 2.03. The van der Waals surface area contributed by atoms with Gasteiger partial charge in [-0.1, -0.05) is 32.0 Å². The number of nitrogens with one attached hydrogen (secondary N) is 1. The number of amides is 3. The highest BCUT2D eigenvalue weighted by Gasteiger charge is 2.52. The normalized spacial score (nSPS) is 22.5. The number of likely N-dealkylation sites (tertiary alicyclic amines) is 1. The number of fused-ring (bicyclic) bond motifs is 2. The molecule has 2 aromatic rings. The average Bonchev–Trinajstić information content (AvgIpc) is 3.17. The number of carbonyl (C=O) groups excluding carboxylic acids is 3. The fourth-order valence-corrected chi connectivity index (χ4v) is 4.82. The quantitative estimate of drug-likeness (QED) is 0.729. The van der Waals surface area contributed by atoms with E-state index in [4.69, 9.17) is 0 Å². The molecule has 8 heteroatoms. The molecular weight excluding hydrogens is 418 g/mol. The van der Waals surface area contributed by atoms with E-state index in [-0.39, 0.29) is 30.8 Å². The van der Waals surface area contributed by atoms with Gasteiger partial charge >= 0.3 is 0 Å². The van der Waals surface area contributed by atoms with Crippen molar-refractivity contribution in [3.05, 3.63) is 59.9 Å². The Bertz CT molecular complexity index is 1040. The van der Waals surface area contributed by atoms with Crippen LogP contribution >= 0.6 is 0 Å². The molecule has 33 heavy (non-hydrogen) atoms. The van der Waals surface area contributed by atoms with Gasteiger partial charge in [0.25, 0.3) is 11.8 Å². The molecule has 0 saturated carbocycles. The van der Waals surface area contributed by atoms with Gasteiger partial charge in [0.15, 0.2) is 0 Å². The lowest BCUT2D eigenvalue weighted by Crippen LogP contribution is -2.59. The van der Waals surface area contributed by atoms with E-state index in [9.17, 15) is 14.4 Å². The van der Waals surface area contributed by atoms with E-state index in [2.05, 4.69) is 29.0 Å². The van der Waals surface area contributed by atoms with Crippen molar-refractivity contribution in [2.75, 3.05) is 44.2 Å². The topological polar surface area (TPSA) is 85.8 Å². The van der Waals surface area contributed by atoms with Gasteiger partial charge in [-0.3, -0.25) is 19.4 Å². The number of para-hydroxylation sites is 1. The molecule has 2 atom stereocenters. The van der Waals surface area contributed by atoms with Crippen molar-refractivity contribution in [3.63, 3.8) is 0 Å². The number of benzene rings is 1. The van der Waals surface area contributed by atoms with Crippen LogP contribution in [0.25, 0.3) is 0 Å². The van der Waals surface area contributed by atoms with Crippen LogP contribution in [0.2, 0.25) is 0 Å². The minimum Gasteiger partial charge on any atom is -0.344 e. The molecule has 2 aliphatic rings. The van der Waals surface area contributed by atoms with Gasteiger partial charge in [-0.05, 0) is 44.3 Å². The minimum absolute atomic E-state index is 0.0755. The molecule has 4 rings (SSSR count). The summed E-state index contributed by atoms with van der Waals surface area (Å²) in [4.78, 5) is 50.1. The maximum absolute atomic E-state index is 14.0. The Morgan fingerprint density at radius 2 is 1.88 bits per heavy atom. The lowest BCUT2D eigenvalue weighted by Gasteiger charge is -2.38.